The fourth-order valence-electron chi connectivity index (χ4n) is 1.97. The average molecular weight is 320 g/mol. The summed E-state index contributed by atoms with van der Waals surface area (Å²) in [6, 6.07) is 8.50. The number of hydrazine groups is 1. The molecule has 7 heteroatoms. The molecule has 1 amide bonds. The Balaban J connectivity index is 2.01. The van der Waals surface area contributed by atoms with E-state index in [9.17, 15) is 9.59 Å². The third-order valence-electron chi connectivity index (χ3n) is 3.27. The fourth-order valence-corrected chi connectivity index (χ4v) is 2.74. The van der Waals surface area contributed by atoms with E-state index in [1.54, 1.807) is 12.1 Å². The van der Waals surface area contributed by atoms with Crippen LogP contribution in [0.2, 0.25) is 0 Å². The van der Waals surface area contributed by atoms with Crippen molar-refractivity contribution in [3.63, 3.8) is 0 Å². The van der Waals surface area contributed by atoms with E-state index in [0.29, 0.717) is 10.7 Å². The molecular weight excluding hydrogens is 300 g/mol. The number of carbonyl (C=O) groups excluding carboxylic acids is 2. The van der Waals surface area contributed by atoms with Crippen molar-refractivity contribution in [1.82, 2.24) is 10.4 Å². The first kappa shape index (κ1) is 16.5. The Hall–Kier alpha value is -1.86. The molecule has 0 saturated carbocycles. The Morgan fingerprint density at radius 1 is 1.36 bits per heavy atom. The van der Waals surface area contributed by atoms with Gasteiger partial charge in [-0.25, -0.2) is 10.9 Å². The average Bonchev–Trinajstić information content (AvgIpc) is 2.48. The molecule has 0 bridgehead atoms. The van der Waals surface area contributed by atoms with Crippen molar-refractivity contribution >= 4 is 28.6 Å². The minimum absolute atomic E-state index is 0.0351. The van der Waals surface area contributed by atoms with Crippen LogP contribution in [0.5, 0.6) is 0 Å². The van der Waals surface area contributed by atoms with Gasteiger partial charge in [0, 0.05) is 5.56 Å². The minimum atomic E-state index is -0.480. The number of nitrogens with two attached hydrogens (primary N) is 1. The summed E-state index contributed by atoms with van der Waals surface area (Å²) in [6.45, 7) is 5.80. The molecule has 1 aliphatic rings. The Bertz CT molecular complexity index is 595. The normalized spacial score (nSPS) is 18.7. The first-order valence-electron chi connectivity index (χ1n) is 6.93. The van der Waals surface area contributed by atoms with Gasteiger partial charge in [0.25, 0.3) is 5.91 Å². The summed E-state index contributed by atoms with van der Waals surface area (Å²) in [5.41, 5.74) is 3.17. The number of hydrazone groups is 1. The summed E-state index contributed by atoms with van der Waals surface area (Å²) < 4.78 is 0. The van der Waals surface area contributed by atoms with Crippen LogP contribution in [0.25, 0.3) is 0 Å². The number of Topliss-reactive ketones (excluding diaryl/α,β-unsaturated/α-hetero) is 1. The molecule has 1 atom stereocenters. The zero-order valence-corrected chi connectivity index (χ0v) is 13.7. The maximum atomic E-state index is 12.3. The third kappa shape index (κ3) is 3.66. The molecule has 0 saturated heterocycles. The summed E-state index contributed by atoms with van der Waals surface area (Å²) in [5, 5.41) is 5.46. The monoisotopic (exact) mass is 320 g/mol. The van der Waals surface area contributed by atoms with E-state index in [1.165, 1.54) is 0 Å². The van der Waals surface area contributed by atoms with Gasteiger partial charge in [-0.1, -0.05) is 62.9 Å². The number of thioether (sulfide) groups is 1. The molecule has 0 radical (unpaired) electrons. The number of benzene rings is 1. The standard InChI is InChI=1S/C15H20N4O2S/c1-15(2,3)12-13(21)19(16)14(18-17-12)22-9-11(20)10-7-5-4-6-8-10/h4-8,12,17H,9,16H2,1-3H3/t12-/m1/s1. The van der Waals surface area contributed by atoms with Gasteiger partial charge in [-0.05, 0) is 5.41 Å². The molecule has 1 aromatic rings. The van der Waals surface area contributed by atoms with Crippen LogP contribution in [-0.4, -0.2) is 33.7 Å². The predicted octanol–water partition coefficient (Wildman–Crippen LogP) is 1.59. The molecule has 2 rings (SSSR count). The highest BCUT2D eigenvalue weighted by molar-refractivity contribution is 8.14. The number of amidine groups is 1. The number of rotatable bonds is 3. The van der Waals surface area contributed by atoms with Gasteiger partial charge in [0.15, 0.2) is 5.78 Å². The molecule has 0 unspecified atom stereocenters. The van der Waals surface area contributed by atoms with E-state index in [0.717, 1.165) is 16.8 Å². The summed E-state index contributed by atoms with van der Waals surface area (Å²) in [4.78, 5) is 24.3. The molecule has 1 aromatic carbocycles. The molecule has 22 heavy (non-hydrogen) atoms. The van der Waals surface area contributed by atoms with Gasteiger partial charge in [0.2, 0.25) is 5.17 Å². The second-order valence-corrected chi connectivity index (χ2v) is 7.05. The zero-order valence-electron chi connectivity index (χ0n) is 12.9. The first-order chi connectivity index (χ1) is 10.3. The maximum absolute atomic E-state index is 12.3. The largest absolute Gasteiger partial charge is 0.294 e. The quantitative estimate of drug-likeness (QED) is 0.502. The molecule has 0 fully saturated rings. The van der Waals surface area contributed by atoms with Crippen molar-refractivity contribution in [3.05, 3.63) is 35.9 Å². The van der Waals surface area contributed by atoms with E-state index >= 15 is 0 Å². The summed E-state index contributed by atoms with van der Waals surface area (Å²) in [5.74, 6) is 5.70. The van der Waals surface area contributed by atoms with E-state index in [4.69, 9.17) is 5.84 Å². The van der Waals surface area contributed by atoms with Gasteiger partial charge < -0.3 is 0 Å². The molecule has 1 aliphatic heterocycles. The number of nitrogens with zero attached hydrogens (tertiary/aromatic N) is 2. The highest BCUT2D eigenvalue weighted by atomic mass is 32.2. The molecule has 118 valence electrons. The molecule has 3 N–H and O–H groups in total. The van der Waals surface area contributed by atoms with Crippen molar-refractivity contribution in [1.29, 1.82) is 0 Å². The number of hydrogen-bond acceptors (Lipinski definition) is 6. The highest BCUT2D eigenvalue weighted by Gasteiger charge is 2.38. The number of carbonyl (C=O) groups is 2. The van der Waals surface area contributed by atoms with Crippen LogP contribution in [-0.2, 0) is 4.79 Å². The molecule has 0 aliphatic carbocycles. The van der Waals surface area contributed by atoms with Gasteiger partial charge in [-0.15, -0.1) is 0 Å². The Labute approximate surface area is 134 Å². The molecule has 1 heterocycles. The van der Waals surface area contributed by atoms with Gasteiger partial charge in [0.05, 0.1) is 5.75 Å². The smallest absolute Gasteiger partial charge is 0.267 e. The van der Waals surface area contributed by atoms with Gasteiger partial charge in [-0.2, -0.15) is 5.10 Å². The van der Waals surface area contributed by atoms with Gasteiger partial charge in [0.1, 0.15) is 6.04 Å². The molecule has 6 nitrogen and oxygen atoms in total. The lowest BCUT2D eigenvalue weighted by molar-refractivity contribution is -0.133. The molecule has 0 aromatic heterocycles. The lowest BCUT2D eigenvalue weighted by atomic mass is 9.86. The lowest BCUT2D eigenvalue weighted by Gasteiger charge is -2.35. The minimum Gasteiger partial charge on any atom is -0.294 e. The van der Waals surface area contributed by atoms with Crippen molar-refractivity contribution < 1.29 is 9.59 Å². The van der Waals surface area contributed by atoms with Crippen LogP contribution in [0, 0.1) is 5.41 Å². The Morgan fingerprint density at radius 2 is 2.00 bits per heavy atom. The van der Waals surface area contributed by atoms with E-state index < -0.39 is 6.04 Å². The summed E-state index contributed by atoms with van der Waals surface area (Å²) >= 11 is 1.14. The van der Waals surface area contributed by atoms with Crippen molar-refractivity contribution in [3.8, 4) is 0 Å². The number of ketones is 1. The van der Waals surface area contributed by atoms with E-state index in [-0.39, 0.29) is 22.9 Å². The topological polar surface area (TPSA) is 87.8 Å². The summed E-state index contributed by atoms with van der Waals surface area (Å²) in [7, 11) is 0. The van der Waals surface area contributed by atoms with Crippen molar-refractivity contribution in [2.24, 2.45) is 16.4 Å². The van der Waals surface area contributed by atoms with Gasteiger partial charge in [-0.3, -0.25) is 15.0 Å². The fraction of sp³-hybridized carbons (Fsp3) is 0.400. The number of hydrogen-bond donors (Lipinski definition) is 2. The highest BCUT2D eigenvalue weighted by Crippen LogP contribution is 2.24. The first-order valence-corrected chi connectivity index (χ1v) is 7.92. The SMILES string of the molecule is CC(C)(C)[C@@H]1NN=C(SCC(=O)c2ccccc2)N(N)C1=O. The second kappa shape index (κ2) is 6.50. The third-order valence-corrected chi connectivity index (χ3v) is 4.23. The van der Waals surface area contributed by atoms with E-state index in [1.807, 2.05) is 39.0 Å². The molecule has 0 spiro atoms. The van der Waals surface area contributed by atoms with Crippen LogP contribution in [0.4, 0.5) is 0 Å². The Morgan fingerprint density at radius 3 is 2.59 bits per heavy atom. The predicted molar refractivity (Wildman–Crippen MR) is 88.1 cm³/mol. The second-order valence-electron chi connectivity index (χ2n) is 6.11. The zero-order chi connectivity index (χ0) is 16.3. The van der Waals surface area contributed by atoms with Crippen molar-refractivity contribution in [2.45, 2.75) is 26.8 Å². The van der Waals surface area contributed by atoms with Crippen LogP contribution in [0.3, 0.4) is 0 Å². The number of amides is 1. The van der Waals surface area contributed by atoms with E-state index in [2.05, 4.69) is 10.5 Å². The summed E-state index contributed by atoms with van der Waals surface area (Å²) in [6.07, 6.45) is 0. The number of nitrogens with one attached hydrogen (secondary N) is 1. The maximum Gasteiger partial charge on any atom is 0.267 e. The van der Waals surface area contributed by atoms with Crippen LogP contribution in [0.15, 0.2) is 35.4 Å². The van der Waals surface area contributed by atoms with Crippen LogP contribution in [0.1, 0.15) is 31.1 Å². The van der Waals surface area contributed by atoms with Crippen LogP contribution < -0.4 is 11.3 Å². The van der Waals surface area contributed by atoms with Crippen molar-refractivity contribution in [2.75, 3.05) is 5.75 Å². The molecular formula is C15H20N4O2S. The lowest BCUT2D eigenvalue weighted by Crippen LogP contribution is -2.59. The Kier molecular flexibility index (Phi) is 4.87. The van der Waals surface area contributed by atoms with Gasteiger partial charge >= 0.3 is 0 Å². The van der Waals surface area contributed by atoms with Crippen LogP contribution >= 0.6 is 11.8 Å².